The molecule has 27 heavy (non-hydrogen) atoms. The maximum absolute atomic E-state index is 5.29. The van der Waals surface area contributed by atoms with E-state index in [2.05, 4.69) is 76.9 Å². The van der Waals surface area contributed by atoms with Gasteiger partial charge in [0.2, 0.25) is 0 Å². The molecule has 3 aromatic carbocycles. The van der Waals surface area contributed by atoms with Crippen molar-refractivity contribution in [2.75, 3.05) is 7.11 Å². The van der Waals surface area contributed by atoms with Crippen molar-refractivity contribution in [3.05, 3.63) is 84.4 Å². The molecule has 0 amide bonds. The van der Waals surface area contributed by atoms with Gasteiger partial charge in [0, 0.05) is 12.6 Å². The van der Waals surface area contributed by atoms with Crippen LogP contribution < -0.4 is 10.1 Å². The lowest BCUT2D eigenvalue weighted by Crippen LogP contribution is -2.18. The molecule has 0 aliphatic heterocycles. The molecule has 1 atom stereocenters. The van der Waals surface area contributed by atoms with E-state index in [9.17, 15) is 0 Å². The number of rotatable bonds is 6. The van der Waals surface area contributed by atoms with Crippen molar-refractivity contribution in [2.45, 2.75) is 19.5 Å². The molecule has 1 N–H and O–H groups in total. The summed E-state index contributed by atoms with van der Waals surface area (Å²) in [5.74, 6) is 0.885. The number of ether oxygens (including phenoxy) is 1. The number of methoxy groups -OCH3 is 1. The van der Waals surface area contributed by atoms with E-state index in [1.54, 1.807) is 18.1 Å². The minimum absolute atomic E-state index is 0.251. The predicted octanol–water partition coefficient (Wildman–Crippen LogP) is 4.28. The number of hydrogen-bond acceptors (Lipinski definition) is 4. The van der Waals surface area contributed by atoms with Crippen molar-refractivity contribution in [2.24, 2.45) is 0 Å². The lowest BCUT2D eigenvalue weighted by Gasteiger charge is -2.15. The molecule has 0 bridgehead atoms. The Morgan fingerprint density at radius 1 is 1.00 bits per heavy atom. The van der Waals surface area contributed by atoms with Crippen molar-refractivity contribution >= 4 is 10.8 Å². The molecule has 0 aliphatic rings. The standard InChI is InChI=1S/C22H22N4O/c1-16(18-5-8-21(9-6-18)26-15-23-14-25-26)24-13-17-3-4-20-12-22(27-2)10-7-19(20)11-17/h3-12,14-16,24H,13H2,1-2H3/t16-/m0/s1. The second kappa shape index (κ2) is 7.60. The van der Waals surface area contributed by atoms with Crippen LogP contribution in [-0.4, -0.2) is 21.9 Å². The molecule has 0 unspecified atom stereocenters. The van der Waals surface area contributed by atoms with Crippen LogP contribution in [-0.2, 0) is 6.54 Å². The average Bonchev–Trinajstić information content (AvgIpc) is 3.26. The summed E-state index contributed by atoms with van der Waals surface area (Å²) in [6.07, 6.45) is 3.24. The summed E-state index contributed by atoms with van der Waals surface area (Å²) in [6, 6.07) is 21.3. The zero-order valence-corrected chi connectivity index (χ0v) is 15.5. The van der Waals surface area contributed by atoms with Crippen LogP contribution in [0.4, 0.5) is 0 Å². The molecule has 0 saturated heterocycles. The van der Waals surface area contributed by atoms with E-state index in [0.29, 0.717) is 0 Å². The van der Waals surface area contributed by atoms with Crippen molar-refractivity contribution < 1.29 is 4.74 Å². The lowest BCUT2D eigenvalue weighted by atomic mass is 10.1. The third-order valence-corrected chi connectivity index (χ3v) is 4.80. The Kier molecular flexibility index (Phi) is 4.85. The second-order valence-corrected chi connectivity index (χ2v) is 6.58. The van der Waals surface area contributed by atoms with Gasteiger partial charge in [-0.1, -0.05) is 30.3 Å². The van der Waals surface area contributed by atoms with Crippen LogP contribution in [0, 0.1) is 0 Å². The molecular weight excluding hydrogens is 336 g/mol. The van der Waals surface area contributed by atoms with Crippen molar-refractivity contribution in [1.82, 2.24) is 20.1 Å². The Balaban J connectivity index is 1.42. The fraction of sp³-hybridized carbons (Fsp3) is 0.182. The van der Waals surface area contributed by atoms with Gasteiger partial charge in [-0.25, -0.2) is 9.67 Å². The molecule has 0 spiro atoms. The highest BCUT2D eigenvalue weighted by Crippen LogP contribution is 2.22. The number of aromatic nitrogens is 3. The summed E-state index contributed by atoms with van der Waals surface area (Å²) in [4.78, 5) is 3.98. The second-order valence-electron chi connectivity index (χ2n) is 6.58. The van der Waals surface area contributed by atoms with Crippen LogP contribution in [0.5, 0.6) is 5.75 Å². The van der Waals surface area contributed by atoms with Gasteiger partial charge in [-0.3, -0.25) is 0 Å². The van der Waals surface area contributed by atoms with Gasteiger partial charge < -0.3 is 10.1 Å². The first-order valence-corrected chi connectivity index (χ1v) is 8.98. The van der Waals surface area contributed by atoms with Gasteiger partial charge in [-0.15, -0.1) is 0 Å². The number of nitrogens with one attached hydrogen (secondary N) is 1. The van der Waals surface area contributed by atoms with E-state index < -0.39 is 0 Å². The Morgan fingerprint density at radius 2 is 1.78 bits per heavy atom. The topological polar surface area (TPSA) is 52.0 Å². The first-order valence-electron chi connectivity index (χ1n) is 8.98. The lowest BCUT2D eigenvalue weighted by molar-refractivity contribution is 0.415. The summed E-state index contributed by atoms with van der Waals surface area (Å²) in [5, 5.41) is 10.2. The van der Waals surface area contributed by atoms with Crippen LogP contribution in [0.3, 0.4) is 0 Å². The minimum Gasteiger partial charge on any atom is -0.497 e. The zero-order chi connectivity index (χ0) is 18.6. The summed E-state index contributed by atoms with van der Waals surface area (Å²) >= 11 is 0. The fourth-order valence-corrected chi connectivity index (χ4v) is 3.16. The highest BCUT2D eigenvalue weighted by molar-refractivity contribution is 5.84. The molecule has 5 heteroatoms. The molecule has 136 valence electrons. The van der Waals surface area contributed by atoms with Crippen molar-refractivity contribution in [1.29, 1.82) is 0 Å². The third-order valence-electron chi connectivity index (χ3n) is 4.80. The molecule has 0 saturated carbocycles. The predicted molar refractivity (Wildman–Crippen MR) is 107 cm³/mol. The van der Waals surface area contributed by atoms with Gasteiger partial charge in [-0.05, 0) is 59.2 Å². The van der Waals surface area contributed by atoms with Gasteiger partial charge in [-0.2, -0.15) is 5.10 Å². The first kappa shape index (κ1) is 17.2. The molecular formula is C22H22N4O. The summed E-state index contributed by atoms with van der Waals surface area (Å²) in [6.45, 7) is 2.99. The fourth-order valence-electron chi connectivity index (χ4n) is 3.16. The van der Waals surface area contributed by atoms with Gasteiger partial charge in [0.1, 0.15) is 18.4 Å². The Morgan fingerprint density at radius 3 is 2.52 bits per heavy atom. The van der Waals surface area contributed by atoms with Crippen LogP contribution in [0.2, 0.25) is 0 Å². The zero-order valence-electron chi connectivity index (χ0n) is 15.5. The third kappa shape index (κ3) is 3.83. The van der Waals surface area contributed by atoms with Gasteiger partial charge >= 0.3 is 0 Å². The smallest absolute Gasteiger partial charge is 0.138 e. The normalized spacial score (nSPS) is 12.2. The molecule has 4 aromatic rings. The van der Waals surface area contributed by atoms with E-state index in [1.807, 2.05) is 6.07 Å². The molecule has 0 fully saturated rings. The van der Waals surface area contributed by atoms with Crippen molar-refractivity contribution in [3.63, 3.8) is 0 Å². The Bertz CT molecular complexity index is 1030. The molecule has 1 aromatic heterocycles. The highest BCUT2D eigenvalue weighted by atomic mass is 16.5. The molecule has 1 heterocycles. The number of fused-ring (bicyclic) bond motifs is 1. The average molecular weight is 358 g/mol. The van der Waals surface area contributed by atoms with Crippen molar-refractivity contribution in [3.8, 4) is 11.4 Å². The summed E-state index contributed by atoms with van der Waals surface area (Å²) < 4.78 is 7.05. The SMILES string of the molecule is COc1ccc2cc(CN[C@@H](C)c3ccc(-n4cncn4)cc3)ccc2c1. The van der Waals surface area contributed by atoms with E-state index in [1.165, 1.54) is 28.2 Å². The van der Waals surface area contributed by atoms with E-state index in [4.69, 9.17) is 4.74 Å². The quantitative estimate of drug-likeness (QED) is 0.559. The molecule has 4 rings (SSSR count). The number of hydrogen-bond donors (Lipinski definition) is 1. The molecule has 0 aliphatic carbocycles. The van der Waals surface area contributed by atoms with Gasteiger partial charge in [0.15, 0.2) is 0 Å². The Labute approximate surface area is 158 Å². The highest BCUT2D eigenvalue weighted by Gasteiger charge is 2.06. The van der Waals surface area contributed by atoms with E-state index in [0.717, 1.165) is 18.0 Å². The minimum atomic E-state index is 0.251. The van der Waals surface area contributed by atoms with Crippen LogP contribution >= 0.6 is 0 Å². The summed E-state index contributed by atoms with van der Waals surface area (Å²) in [5.41, 5.74) is 3.51. The number of nitrogens with zero attached hydrogens (tertiary/aromatic N) is 3. The molecule has 5 nitrogen and oxygen atoms in total. The van der Waals surface area contributed by atoms with Crippen LogP contribution in [0.25, 0.3) is 16.5 Å². The maximum Gasteiger partial charge on any atom is 0.138 e. The first-order chi connectivity index (χ1) is 13.2. The van der Waals surface area contributed by atoms with Gasteiger partial charge in [0.05, 0.1) is 12.8 Å². The largest absolute Gasteiger partial charge is 0.497 e. The van der Waals surface area contributed by atoms with Crippen LogP contribution in [0.1, 0.15) is 24.1 Å². The van der Waals surface area contributed by atoms with Gasteiger partial charge in [0.25, 0.3) is 0 Å². The Hall–Kier alpha value is -3.18. The monoisotopic (exact) mass is 358 g/mol. The van der Waals surface area contributed by atoms with E-state index in [-0.39, 0.29) is 6.04 Å². The maximum atomic E-state index is 5.29. The van der Waals surface area contributed by atoms with Crippen LogP contribution in [0.15, 0.2) is 73.3 Å². The number of benzene rings is 3. The van der Waals surface area contributed by atoms with E-state index >= 15 is 0 Å². The molecule has 0 radical (unpaired) electrons. The summed E-state index contributed by atoms with van der Waals surface area (Å²) in [7, 11) is 1.69.